The smallest absolute Gasteiger partial charge is 0.0603 e. The van der Waals surface area contributed by atoms with Crippen LogP contribution in [0.4, 0.5) is 0 Å². The molecule has 0 aromatic heterocycles. The van der Waals surface area contributed by atoms with Crippen molar-refractivity contribution in [2.75, 3.05) is 14.1 Å². The zero-order chi connectivity index (χ0) is 10.7. The largest absolute Gasteiger partial charge is 0.393 e. The lowest BCUT2D eigenvalue weighted by Gasteiger charge is -2.37. The van der Waals surface area contributed by atoms with Crippen LogP contribution < -0.4 is 0 Å². The lowest BCUT2D eigenvalue weighted by molar-refractivity contribution is 0.00457. The fraction of sp³-hybridized carbons (Fsp3) is 1.00. The van der Waals surface area contributed by atoms with Crippen LogP contribution in [-0.4, -0.2) is 36.2 Å². The zero-order valence-electron chi connectivity index (χ0n) is 10.0. The molecule has 0 heterocycles. The minimum Gasteiger partial charge on any atom is -0.393 e. The normalized spacial score (nSPS) is 50.4. The van der Waals surface area contributed by atoms with E-state index in [1.807, 2.05) is 0 Å². The first kappa shape index (κ1) is 10.4. The van der Waals surface area contributed by atoms with Gasteiger partial charge >= 0.3 is 0 Å². The van der Waals surface area contributed by atoms with Gasteiger partial charge in [0, 0.05) is 11.5 Å². The van der Waals surface area contributed by atoms with Crippen molar-refractivity contribution in [3.63, 3.8) is 0 Å². The van der Waals surface area contributed by atoms with Crippen LogP contribution >= 0.6 is 0 Å². The van der Waals surface area contributed by atoms with Gasteiger partial charge in [-0.25, -0.2) is 0 Å². The highest BCUT2D eigenvalue weighted by Crippen LogP contribution is 2.66. The number of hydrogen-bond donors (Lipinski definition) is 1. The lowest BCUT2D eigenvalue weighted by atomic mass is 9.70. The second kappa shape index (κ2) is 2.73. The van der Waals surface area contributed by atoms with Gasteiger partial charge in [-0.15, -0.1) is 0 Å². The first-order valence-electron chi connectivity index (χ1n) is 5.65. The molecular formula is C12H23NO. The van der Waals surface area contributed by atoms with Gasteiger partial charge in [-0.2, -0.15) is 0 Å². The highest BCUT2D eigenvalue weighted by Gasteiger charge is 2.65. The molecule has 0 radical (unpaired) electrons. The molecule has 1 unspecified atom stereocenters. The average Bonchev–Trinajstić information content (AvgIpc) is 2.34. The van der Waals surface area contributed by atoms with Crippen molar-refractivity contribution >= 4 is 0 Å². The van der Waals surface area contributed by atoms with Crippen molar-refractivity contribution in [1.29, 1.82) is 0 Å². The van der Waals surface area contributed by atoms with Crippen LogP contribution in [0.15, 0.2) is 0 Å². The summed E-state index contributed by atoms with van der Waals surface area (Å²) in [6, 6.07) is 0.665. The molecule has 0 aromatic rings. The van der Waals surface area contributed by atoms with Crippen LogP contribution in [0.25, 0.3) is 0 Å². The first-order chi connectivity index (χ1) is 6.30. The molecular weight excluding hydrogens is 174 g/mol. The molecule has 2 nitrogen and oxygen atoms in total. The highest BCUT2D eigenvalue weighted by atomic mass is 16.3. The maximum Gasteiger partial charge on any atom is 0.0603 e. The van der Waals surface area contributed by atoms with Crippen molar-refractivity contribution in [2.45, 2.75) is 45.8 Å². The fourth-order valence-electron chi connectivity index (χ4n) is 3.80. The zero-order valence-corrected chi connectivity index (χ0v) is 10.0. The monoisotopic (exact) mass is 197 g/mol. The summed E-state index contributed by atoms with van der Waals surface area (Å²) in [6.07, 6.45) is 2.06. The molecule has 0 saturated heterocycles. The Hall–Kier alpha value is -0.0800. The van der Waals surface area contributed by atoms with Crippen molar-refractivity contribution in [1.82, 2.24) is 4.90 Å². The molecule has 2 heteroatoms. The fourth-order valence-corrected chi connectivity index (χ4v) is 3.80. The number of fused-ring (bicyclic) bond motifs is 2. The maximum atomic E-state index is 10.1. The summed E-state index contributed by atoms with van der Waals surface area (Å²) in [7, 11) is 4.33. The van der Waals surface area contributed by atoms with Crippen molar-refractivity contribution in [2.24, 2.45) is 16.7 Å². The second-order valence-corrected chi connectivity index (χ2v) is 6.23. The predicted molar refractivity (Wildman–Crippen MR) is 58.1 cm³/mol. The van der Waals surface area contributed by atoms with E-state index in [-0.39, 0.29) is 11.5 Å². The third-order valence-corrected chi connectivity index (χ3v) is 5.37. The number of aliphatic hydroxyl groups excluding tert-OH is 1. The molecule has 2 fully saturated rings. The summed E-state index contributed by atoms with van der Waals surface area (Å²) in [5, 5.41) is 10.1. The van der Waals surface area contributed by atoms with Gasteiger partial charge in [0.25, 0.3) is 0 Å². The minimum atomic E-state index is -0.0845. The van der Waals surface area contributed by atoms with Gasteiger partial charge in [0.1, 0.15) is 0 Å². The first-order valence-corrected chi connectivity index (χ1v) is 5.65. The van der Waals surface area contributed by atoms with Gasteiger partial charge in [-0.3, -0.25) is 0 Å². The number of aliphatic hydroxyl groups is 1. The Morgan fingerprint density at radius 1 is 1.21 bits per heavy atom. The molecule has 2 bridgehead atoms. The molecule has 14 heavy (non-hydrogen) atoms. The summed E-state index contributed by atoms with van der Waals surface area (Å²) in [4.78, 5) is 2.34. The SMILES string of the molecule is CN(C)C1C[C@]2(C)[C@H](O)C[C@H]1C2(C)C. The molecule has 82 valence electrons. The van der Waals surface area contributed by atoms with E-state index in [1.54, 1.807) is 0 Å². The average molecular weight is 197 g/mol. The van der Waals surface area contributed by atoms with Gasteiger partial charge in [-0.1, -0.05) is 20.8 Å². The number of rotatable bonds is 1. The van der Waals surface area contributed by atoms with Crippen LogP contribution in [-0.2, 0) is 0 Å². The Kier molecular flexibility index (Phi) is 2.04. The molecule has 2 aliphatic carbocycles. The summed E-state index contributed by atoms with van der Waals surface area (Å²) < 4.78 is 0. The van der Waals surface area contributed by atoms with Crippen molar-refractivity contribution in [3.05, 3.63) is 0 Å². The van der Waals surface area contributed by atoms with Gasteiger partial charge in [-0.05, 0) is 38.3 Å². The Bertz CT molecular complexity index is 249. The summed E-state index contributed by atoms with van der Waals surface area (Å²) in [5.74, 6) is 0.664. The third-order valence-electron chi connectivity index (χ3n) is 5.37. The van der Waals surface area contributed by atoms with Crippen molar-refractivity contribution in [3.8, 4) is 0 Å². The van der Waals surface area contributed by atoms with Crippen LogP contribution in [0.2, 0.25) is 0 Å². The van der Waals surface area contributed by atoms with E-state index in [9.17, 15) is 5.11 Å². The highest BCUT2D eigenvalue weighted by molar-refractivity contribution is 5.15. The van der Waals surface area contributed by atoms with Gasteiger partial charge in [0.2, 0.25) is 0 Å². The molecule has 0 aromatic carbocycles. The third kappa shape index (κ3) is 0.989. The van der Waals surface area contributed by atoms with E-state index in [0.29, 0.717) is 17.4 Å². The predicted octanol–water partition coefficient (Wildman–Crippen LogP) is 1.73. The van der Waals surface area contributed by atoms with Crippen LogP contribution in [0.3, 0.4) is 0 Å². The summed E-state index contributed by atoms with van der Waals surface area (Å²) in [5.41, 5.74) is 0.425. The molecule has 4 atom stereocenters. The molecule has 0 spiro atoms. The van der Waals surface area contributed by atoms with Gasteiger partial charge in [0.15, 0.2) is 0 Å². The van der Waals surface area contributed by atoms with E-state index < -0.39 is 0 Å². The molecule has 2 rings (SSSR count). The minimum absolute atomic E-state index is 0.0845. The van der Waals surface area contributed by atoms with Gasteiger partial charge in [0.05, 0.1) is 6.10 Å². The quantitative estimate of drug-likeness (QED) is 0.692. The molecule has 0 amide bonds. The van der Waals surface area contributed by atoms with Crippen LogP contribution in [0.5, 0.6) is 0 Å². The Morgan fingerprint density at radius 2 is 1.79 bits per heavy atom. The van der Waals surface area contributed by atoms with E-state index in [0.717, 1.165) is 12.8 Å². The molecule has 2 saturated carbocycles. The van der Waals surface area contributed by atoms with E-state index in [2.05, 4.69) is 39.8 Å². The summed E-state index contributed by atoms with van der Waals surface area (Å²) >= 11 is 0. The second-order valence-electron chi connectivity index (χ2n) is 6.23. The number of nitrogens with zero attached hydrogens (tertiary/aromatic N) is 1. The van der Waals surface area contributed by atoms with Crippen LogP contribution in [0, 0.1) is 16.7 Å². The maximum absolute atomic E-state index is 10.1. The standard InChI is InChI=1S/C12H23NO/c1-11(2)8-6-10(14)12(11,3)7-9(8)13(4)5/h8-10,14H,6-7H2,1-5H3/t8-,9?,10-,12-/m1/s1. The topological polar surface area (TPSA) is 23.5 Å². The Labute approximate surface area is 87.3 Å². The molecule has 0 aliphatic heterocycles. The lowest BCUT2D eigenvalue weighted by Crippen LogP contribution is -2.39. The number of hydrogen-bond acceptors (Lipinski definition) is 2. The molecule has 2 aliphatic rings. The van der Waals surface area contributed by atoms with Crippen LogP contribution in [0.1, 0.15) is 33.6 Å². The molecule has 1 N–H and O–H groups in total. The van der Waals surface area contributed by atoms with Crippen molar-refractivity contribution < 1.29 is 5.11 Å². The van der Waals surface area contributed by atoms with Gasteiger partial charge < -0.3 is 10.0 Å². The van der Waals surface area contributed by atoms with E-state index in [1.165, 1.54) is 0 Å². The van der Waals surface area contributed by atoms with E-state index >= 15 is 0 Å². The Balaban J connectivity index is 2.34. The summed E-state index contributed by atoms with van der Waals surface area (Å²) in [6.45, 7) is 6.93. The Morgan fingerprint density at radius 3 is 2.07 bits per heavy atom. The van der Waals surface area contributed by atoms with E-state index in [4.69, 9.17) is 0 Å².